The molecule has 1 heterocycles. The monoisotopic (exact) mass is 374 g/mol. The molecule has 0 aliphatic rings. The van der Waals surface area contributed by atoms with Crippen LogP contribution >= 0.6 is 0 Å². The number of carbonyl (C=O) groups excluding carboxylic acids is 1. The SMILES string of the molecule is CC(C)(C)c1ccc(OC(=O)NS(=O)(=O)Nc2ncccc2C#N)cc1. The first kappa shape index (κ1) is 19.2. The third-order valence-corrected chi connectivity index (χ3v) is 4.21. The third kappa shape index (κ3) is 5.19. The van der Waals surface area contributed by atoms with E-state index >= 15 is 0 Å². The van der Waals surface area contributed by atoms with E-state index in [1.54, 1.807) is 35.1 Å². The fourth-order valence-electron chi connectivity index (χ4n) is 1.99. The molecule has 136 valence electrons. The number of nitrogens with zero attached hydrogens (tertiary/aromatic N) is 2. The van der Waals surface area contributed by atoms with Gasteiger partial charge < -0.3 is 4.74 Å². The van der Waals surface area contributed by atoms with Crippen molar-refractivity contribution in [3.05, 3.63) is 53.7 Å². The van der Waals surface area contributed by atoms with Gasteiger partial charge in [-0.1, -0.05) is 32.9 Å². The van der Waals surface area contributed by atoms with Crippen LogP contribution in [0, 0.1) is 11.3 Å². The maximum absolute atomic E-state index is 12.0. The number of anilines is 1. The fourth-order valence-corrected chi connectivity index (χ4v) is 2.72. The molecule has 26 heavy (non-hydrogen) atoms. The van der Waals surface area contributed by atoms with Gasteiger partial charge in [0.15, 0.2) is 5.82 Å². The third-order valence-electron chi connectivity index (χ3n) is 3.31. The Morgan fingerprint density at radius 3 is 2.42 bits per heavy atom. The lowest BCUT2D eigenvalue weighted by Crippen LogP contribution is -2.37. The molecule has 8 nitrogen and oxygen atoms in total. The molecule has 0 saturated carbocycles. The summed E-state index contributed by atoms with van der Waals surface area (Å²) in [5, 5.41) is 8.93. The van der Waals surface area contributed by atoms with Crippen LogP contribution in [0.4, 0.5) is 10.6 Å². The smallest absolute Gasteiger partial charge is 0.410 e. The molecule has 0 unspecified atom stereocenters. The fraction of sp³-hybridized carbons (Fsp3) is 0.235. The number of nitrogens with one attached hydrogen (secondary N) is 2. The van der Waals surface area contributed by atoms with E-state index < -0.39 is 16.3 Å². The van der Waals surface area contributed by atoms with Gasteiger partial charge in [-0.15, -0.1) is 0 Å². The molecule has 2 aromatic rings. The Bertz CT molecular complexity index is 942. The Morgan fingerprint density at radius 1 is 1.19 bits per heavy atom. The number of pyridine rings is 1. The lowest BCUT2D eigenvalue weighted by atomic mass is 9.87. The number of hydrogen-bond donors (Lipinski definition) is 2. The van der Waals surface area contributed by atoms with Crippen LogP contribution < -0.4 is 14.2 Å². The first-order chi connectivity index (χ1) is 12.1. The van der Waals surface area contributed by atoms with Crippen LogP contribution in [0.2, 0.25) is 0 Å². The number of carbonyl (C=O) groups is 1. The molecule has 1 amide bonds. The quantitative estimate of drug-likeness (QED) is 0.848. The van der Waals surface area contributed by atoms with E-state index in [4.69, 9.17) is 10.00 Å². The first-order valence-corrected chi connectivity index (χ1v) is 9.07. The summed E-state index contributed by atoms with van der Waals surface area (Å²) in [6, 6.07) is 11.4. The molecule has 2 rings (SSSR count). The summed E-state index contributed by atoms with van der Waals surface area (Å²) in [5.41, 5.74) is 0.998. The second-order valence-electron chi connectivity index (χ2n) is 6.38. The molecule has 1 aromatic heterocycles. The van der Waals surface area contributed by atoms with Crippen LogP contribution in [-0.4, -0.2) is 19.5 Å². The maximum atomic E-state index is 12.0. The molecular weight excluding hydrogens is 356 g/mol. The number of ether oxygens (including phenoxy) is 1. The molecule has 0 fully saturated rings. The predicted octanol–water partition coefficient (Wildman–Crippen LogP) is 2.70. The van der Waals surface area contributed by atoms with Crippen molar-refractivity contribution in [2.24, 2.45) is 0 Å². The zero-order chi connectivity index (χ0) is 19.4. The van der Waals surface area contributed by atoms with Crippen LogP contribution in [-0.2, 0) is 15.6 Å². The van der Waals surface area contributed by atoms with Crippen molar-refractivity contribution in [1.82, 2.24) is 9.71 Å². The highest BCUT2D eigenvalue weighted by molar-refractivity contribution is 7.91. The molecule has 0 bridgehead atoms. The number of nitriles is 1. The highest BCUT2D eigenvalue weighted by atomic mass is 32.2. The molecule has 2 N–H and O–H groups in total. The second kappa shape index (κ2) is 7.41. The summed E-state index contributed by atoms with van der Waals surface area (Å²) >= 11 is 0. The van der Waals surface area contributed by atoms with E-state index in [0.29, 0.717) is 0 Å². The van der Waals surface area contributed by atoms with E-state index in [0.717, 1.165) is 5.56 Å². The Balaban J connectivity index is 2.03. The molecule has 0 spiro atoms. The van der Waals surface area contributed by atoms with Gasteiger partial charge in [0.2, 0.25) is 0 Å². The molecule has 9 heteroatoms. The second-order valence-corrected chi connectivity index (χ2v) is 7.80. The number of amides is 1. The van der Waals surface area contributed by atoms with Crippen LogP contribution in [0.15, 0.2) is 42.6 Å². The van der Waals surface area contributed by atoms with E-state index in [1.165, 1.54) is 18.3 Å². The van der Waals surface area contributed by atoms with E-state index in [-0.39, 0.29) is 22.5 Å². The van der Waals surface area contributed by atoms with E-state index in [1.807, 2.05) is 25.5 Å². The van der Waals surface area contributed by atoms with Crippen LogP contribution in [0.1, 0.15) is 31.9 Å². The van der Waals surface area contributed by atoms with Crippen LogP contribution in [0.3, 0.4) is 0 Å². The van der Waals surface area contributed by atoms with Crippen molar-refractivity contribution in [2.75, 3.05) is 4.72 Å². The zero-order valence-corrected chi connectivity index (χ0v) is 15.3. The Kier molecular flexibility index (Phi) is 5.47. The van der Waals surface area contributed by atoms with Crippen molar-refractivity contribution in [3.63, 3.8) is 0 Å². The Hall–Kier alpha value is -3.12. The predicted molar refractivity (Wildman–Crippen MR) is 95.8 cm³/mol. The molecular formula is C17H18N4O4S. The molecule has 1 aromatic carbocycles. The summed E-state index contributed by atoms with van der Waals surface area (Å²) in [5.74, 6) is 0.00563. The van der Waals surface area contributed by atoms with E-state index in [9.17, 15) is 13.2 Å². The topological polar surface area (TPSA) is 121 Å². The minimum Gasteiger partial charge on any atom is -0.410 e. The largest absolute Gasteiger partial charge is 0.427 e. The highest BCUT2D eigenvalue weighted by Crippen LogP contribution is 2.24. The average molecular weight is 374 g/mol. The van der Waals surface area contributed by atoms with Crippen LogP contribution in [0.25, 0.3) is 0 Å². The van der Waals surface area contributed by atoms with Gasteiger partial charge >= 0.3 is 16.3 Å². The Labute approximate surface area is 152 Å². The van der Waals surface area contributed by atoms with Gasteiger partial charge in [0, 0.05) is 6.20 Å². The van der Waals surface area contributed by atoms with Gasteiger partial charge in [-0.2, -0.15) is 13.7 Å². The lowest BCUT2D eigenvalue weighted by molar-refractivity contribution is 0.207. The summed E-state index contributed by atoms with van der Waals surface area (Å²) in [6.07, 6.45) is 0.129. The van der Waals surface area contributed by atoms with Gasteiger partial charge in [0.05, 0.1) is 5.56 Å². The van der Waals surface area contributed by atoms with Gasteiger partial charge in [-0.3, -0.25) is 0 Å². The number of hydrogen-bond acceptors (Lipinski definition) is 6. The van der Waals surface area contributed by atoms with Crippen molar-refractivity contribution >= 4 is 22.1 Å². The van der Waals surface area contributed by atoms with Crippen molar-refractivity contribution in [2.45, 2.75) is 26.2 Å². The number of benzene rings is 1. The number of aromatic nitrogens is 1. The molecule has 0 radical (unpaired) electrons. The standard InChI is InChI=1S/C17H18N4O4S/c1-17(2,3)13-6-8-14(9-7-13)25-16(22)21-26(23,24)20-15-12(11-18)5-4-10-19-15/h4-10H,1-3H3,(H,19,20)(H,21,22). The summed E-state index contributed by atoms with van der Waals surface area (Å²) in [7, 11) is -4.31. The van der Waals surface area contributed by atoms with Crippen molar-refractivity contribution < 1.29 is 17.9 Å². The van der Waals surface area contributed by atoms with Crippen LogP contribution in [0.5, 0.6) is 5.75 Å². The minimum absolute atomic E-state index is 0.0176. The lowest BCUT2D eigenvalue weighted by Gasteiger charge is -2.19. The molecule has 0 aliphatic carbocycles. The maximum Gasteiger partial charge on any atom is 0.427 e. The average Bonchev–Trinajstić information content (AvgIpc) is 2.54. The van der Waals surface area contributed by atoms with Crippen molar-refractivity contribution in [1.29, 1.82) is 5.26 Å². The summed E-state index contributed by atoms with van der Waals surface area (Å²) < 4.78 is 32.6. The highest BCUT2D eigenvalue weighted by Gasteiger charge is 2.19. The number of rotatable bonds is 4. The molecule has 0 aliphatic heterocycles. The molecule has 0 atom stereocenters. The van der Waals surface area contributed by atoms with Crippen molar-refractivity contribution in [3.8, 4) is 11.8 Å². The van der Waals surface area contributed by atoms with Gasteiger partial charge in [0.1, 0.15) is 11.8 Å². The Morgan fingerprint density at radius 2 is 1.85 bits per heavy atom. The normalized spacial score (nSPS) is 11.3. The first-order valence-electron chi connectivity index (χ1n) is 7.59. The molecule has 0 saturated heterocycles. The van der Waals surface area contributed by atoms with Gasteiger partial charge in [-0.25, -0.2) is 19.2 Å². The zero-order valence-electron chi connectivity index (χ0n) is 14.5. The summed E-state index contributed by atoms with van der Waals surface area (Å²) in [6.45, 7) is 6.13. The van der Waals surface area contributed by atoms with Gasteiger partial charge in [-0.05, 0) is 35.2 Å². The van der Waals surface area contributed by atoms with E-state index in [2.05, 4.69) is 4.98 Å². The summed E-state index contributed by atoms with van der Waals surface area (Å²) in [4.78, 5) is 15.6. The minimum atomic E-state index is -4.31. The van der Waals surface area contributed by atoms with Gasteiger partial charge in [0.25, 0.3) is 0 Å².